The Labute approximate surface area is 175 Å². The van der Waals surface area contributed by atoms with E-state index in [0.717, 1.165) is 28.9 Å². The van der Waals surface area contributed by atoms with Crippen LogP contribution in [0.25, 0.3) is 10.8 Å². The highest BCUT2D eigenvalue weighted by Crippen LogP contribution is 2.30. The van der Waals surface area contributed by atoms with Crippen molar-refractivity contribution < 1.29 is 27.8 Å². The van der Waals surface area contributed by atoms with Crippen LogP contribution in [0.5, 0.6) is 5.75 Å². The van der Waals surface area contributed by atoms with E-state index >= 15 is 0 Å². The largest absolute Gasteiger partial charge is 0.491 e. The number of fused-ring (bicyclic) bond motifs is 1. The number of aliphatic hydroxyl groups excluding tert-OH is 1. The molecule has 0 aliphatic heterocycles. The van der Waals surface area contributed by atoms with Crippen LogP contribution in [0, 0.1) is 0 Å². The molecule has 31 heavy (non-hydrogen) atoms. The molecule has 0 saturated heterocycles. The molecule has 2 aromatic carbocycles. The number of hydrogen-bond acceptors (Lipinski definition) is 5. The van der Waals surface area contributed by atoms with Crippen molar-refractivity contribution in [3.8, 4) is 5.75 Å². The molecule has 1 unspecified atom stereocenters. The van der Waals surface area contributed by atoms with Crippen LogP contribution in [-0.4, -0.2) is 40.0 Å². The highest BCUT2D eigenvalue weighted by atomic mass is 19.4. The van der Waals surface area contributed by atoms with Gasteiger partial charge in [0.05, 0.1) is 23.1 Å². The van der Waals surface area contributed by atoms with Crippen molar-refractivity contribution in [3.63, 3.8) is 0 Å². The van der Waals surface area contributed by atoms with Gasteiger partial charge in [0.2, 0.25) is 5.91 Å². The summed E-state index contributed by atoms with van der Waals surface area (Å²) in [5.74, 6) is -0.246. The number of rotatable bonds is 7. The second kappa shape index (κ2) is 9.17. The summed E-state index contributed by atoms with van der Waals surface area (Å²) in [6, 6.07) is 10.9. The number of carbonyl (C=O) groups excluding carboxylic acids is 1. The summed E-state index contributed by atoms with van der Waals surface area (Å²) in [6.07, 6.45) is -5.61. The third-order valence-corrected chi connectivity index (χ3v) is 4.52. The lowest BCUT2D eigenvalue weighted by molar-refractivity contribution is -0.137. The van der Waals surface area contributed by atoms with Crippen molar-refractivity contribution in [2.45, 2.75) is 18.7 Å². The summed E-state index contributed by atoms with van der Waals surface area (Å²) >= 11 is 0. The number of ether oxygens (including phenoxy) is 1. The molecule has 0 fully saturated rings. The summed E-state index contributed by atoms with van der Waals surface area (Å²) in [6.45, 7) is -0.337. The molecule has 164 valence electrons. The molecule has 7 nitrogen and oxygen atoms in total. The van der Waals surface area contributed by atoms with E-state index in [2.05, 4.69) is 10.4 Å². The molecular weight excluding hydrogens is 415 g/mol. The molecule has 1 heterocycles. The van der Waals surface area contributed by atoms with Crippen molar-refractivity contribution in [1.82, 2.24) is 15.1 Å². The van der Waals surface area contributed by atoms with Gasteiger partial charge < -0.3 is 15.2 Å². The number of benzene rings is 2. The van der Waals surface area contributed by atoms with E-state index in [1.165, 1.54) is 7.05 Å². The molecule has 10 heteroatoms. The van der Waals surface area contributed by atoms with Crippen LogP contribution in [0.3, 0.4) is 0 Å². The monoisotopic (exact) mass is 435 g/mol. The van der Waals surface area contributed by atoms with Crippen LogP contribution in [-0.2, 0) is 24.4 Å². The normalized spacial score (nSPS) is 12.5. The maximum atomic E-state index is 12.6. The lowest BCUT2D eigenvalue weighted by Gasteiger charge is -2.14. The third kappa shape index (κ3) is 5.60. The summed E-state index contributed by atoms with van der Waals surface area (Å²) in [4.78, 5) is 24.4. The molecule has 0 bridgehead atoms. The molecule has 1 amide bonds. The Kier molecular flexibility index (Phi) is 6.59. The van der Waals surface area contributed by atoms with E-state index in [1.807, 2.05) is 0 Å². The molecule has 1 atom stereocenters. The van der Waals surface area contributed by atoms with Gasteiger partial charge in [0.1, 0.15) is 18.5 Å². The second-order valence-electron chi connectivity index (χ2n) is 6.89. The Balaban J connectivity index is 1.53. The third-order valence-electron chi connectivity index (χ3n) is 4.52. The first-order chi connectivity index (χ1) is 14.6. The van der Waals surface area contributed by atoms with E-state index < -0.39 is 23.8 Å². The van der Waals surface area contributed by atoms with Crippen molar-refractivity contribution in [2.75, 3.05) is 13.2 Å². The zero-order chi connectivity index (χ0) is 22.6. The minimum absolute atomic E-state index is 0.0961. The van der Waals surface area contributed by atoms with E-state index in [1.54, 1.807) is 24.3 Å². The van der Waals surface area contributed by atoms with Gasteiger partial charge in [-0.15, -0.1) is 0 Å². The second-order valence-corrected chi connectivity index (χ2v) is 6.89. The number of halogens is 3. The maximum absolute atomic E-state index is 12.6. The van der Waals surface area contributed by atoms with Crippen molar-refractivity contribution in [2.24, 2.45) is 7.05 Å². The van der Waals surface area contributed by atoms with Crippen molar-refractivity contribution in [3.05, 3.63) is 70.1 Å². The van der Waals surface area contributed by atoms with Gasteiger partial charge >= 0.3 is 6.18 Å². The van der Waals surface area contributed by atoms with Crippen molar-refractivity contribution in [1.29, 1.82) is 0 Å². The molecule has 3 rings (SSSR count). The average molecular weight is 435 g/mol. The van der Waals surface area contributed by atoms with E-state index in [9.17, 15) is 27.9 Å². The van der Waals surface area contributed by atoms with E-state index in [-0.39, 0.29) is 30.9 Å². The predicted molar refractivity (Wildman–Crippen MR) is 107 cm³/mol. The Morgan fingerprint density at radius 3 is 2.45 bits per heavy atom. The van der Waals surface area contributed by atoms with Gasteiger partial charge in [-0.25, -0.2) is 4.68 Å². The fourth-order valence-corrected chi connectivity index (χ4v) is 2.94. The van der Waals surface area contributed by atoms with Gasteiger partial charge in [0.25, 0.3) is 5.56 Å². The first kappa shape index (κ1) is 22.3. The SMILES string of the molecule is Cn1nc(CC(=O)NCC(O)COc2ccc(C(F)(F)F)cc2)c2ccccc2c1=O. The molecule has 3 aromatic rings. The first-order valence-electron chi connectivity index (χ1n) is 9.35. The number of hydrogen-bond donors (Lipinski definition) is 2. The molecule has 0 saturated carbocycles. The molecule has 0 aliphatic carbocycles. The summed E-state index contributed by atoms with van der Waals surface area (Å²) in [5, 5.41) is 17.7. The van der Waals surface area contributed by atoms with Gasteiger partial charge in [-0.1, -0.05) is 18.2 Å². The number of nitrogens with one attached hydrogen (secondary N) is 1. The fourth-order valence-electron chi connectivity index (χ4n) is 2.94. The summed E-state index contributed by atoms with van der Waals surface area (Å²) < 4.78 is 44.1. The van der Waals surface area contributed by atoms with Crippen LogP contribution in [0.4, 0.5) is 13.2 Å². The van der Waals surface area contributed by atoms with Crippen LogP contribution >= 0.6 is 0 Å². The lowest BCUT2D eigenvalue weighted by Crippen LogP contribution is -2.36. The van der Waals surface area contributed by atoms with Gasteiger partial charge in [0, 0.05) is 19.0 Å². The average Bonchev–Trinajstić information content (AvgIpc) is 2.74. The molecule has 0 spiro atoms. The molecule has 0 aliphatic rings. The number of alkyl halides is 3. The summed E-state index contributed by atoms with van der Waals surface area (Å²) in [5.41, 5.74) is -0.645. The number of aliphatic hydroxyl groups is 1. The van der Waals surface area contributed by atoms with E-state index in [0.29, 0.717) is 16.5 Å². The fraction of sp³-hybridized carbons (Fsp3) is 0.286. The number of aryl methyl sites for hydroxylation is 1. The van der Waals surface area contributed by atoms with Crippen LogP contribution in [0.1, 0.15) is 11.3 Å². The highest BCUT2D eigenvalue weighted by Gasteiger charge is 2.30. The Morgan fingerprint density at radius 2 is 1.81 bits per heavy atom. The predicted octanol–water partition coefficient (Wildman–Crippen LogP) is 2.05. The number of aromatic nitrogens is 2. The number of amides is 1. The van der Waals surface area contributed by atoms with Crippen molar-refractivity contribution >= 4 is 16.7 Å². The van der Waals surface area contributed by atoms with Crippen LogP contribution < -0.4 is 15.6 Å². The molecule has 1 aromatic heterocycles. The first-order valence-corrected chi connectivity index (χ1v) is 9.35. The summed E-state index contributed by atoms with van der Waals surface area (Å²) in [7, 11) is 1.50. The Morgan fingerprint density at radius 1 is 1.16 bits per heavy atom. The van der Waals surface area contributed by atoms with Gasteiger partial charge in [-0.3, -0.25) is 9.59 Å². The minimum atomic E-state index is -4.44. The highest BCUT2D eigenvalue weighted by molar-refractivity contribution is 5.88. The minimum Gasteiger partial charge on any atom is -0.491 e. The van der Waals surface area contributed by atoms with Crippen LogP contribution in [0.15, 0.2) is 53.3 Å². The zero-order valence-corrected chi connectivity index (χ0v) is 16.5. The van der Waals surface area contributed by atoms with Gasteiger partial charge in [0.15, 0.2) is 0 Å². The smallest absolute Gasteiger partial charge is 0.416 e. The van der Waals surface area contributed by atoms with Gasteiger partial charge in [-0.2, -0.15) is 18.3 Å². The molecule has 0 radical (unpaired) electrons. The number of nitrogens with zero attached hydrogens (tertiary/aromatic N) is 2. The number of carbonyl (C=O) groups is 1. The van der Waals surface area contributed by atoms with Crippen LogP contribution in [0.2, 0.25) is 0 Å². The maximum Gasteiger partial charge on any atom is 0.416 e. The Bertz CT molecular complexity index is 1130. The van der Waals surface area contributed by atoms with Gasteiger partial charge in [-0.05, 0) is 30.3 Å². The molecular formula is C21H20F3N3O4. The topological polar surface area (TPSA) is 93.5 Å². The quantitative estimate of drug-likeness (QED) is 0.593. The van der Waals surface area contributed by atoms with E-state index in [4.69, 9.17) is 4.74 Å². The molecule has 2 N–H and O–H groups in total. The Hall–Kier alpha value is -3.40. The standard InChI is InChI=1S/C21H20F3N3O4/c1-27-20(30)17-5-3-2-4-16(17)18(26-27)10-19(29)25-11-14(28)12-31-15-8-6-13(7-9-15)21(22,23)24/h2-9,14,28H,10-12H2,1H3,(H,25,29). The zero-order valence-electron chi connectivity index (χ0n) is 16.5. The lowest BCUT2D eigenvalue weighted by atomic mass is 10.1.